The number of ether oxygens (including phenoxy) is 1. The zero-order chi connectivity index (χ0) is 20.6. The van der Waals surface area contributed by atoms with Crippen LogP contribution in [-0.4, -0.2) is 49.5 Å². The monoisotopic (exact) mass is 414 g/mol. The fourth-order valence-corrected chi connectivity index (χ4v) is 5.32. The molecule has 1 aromatic rings. The topological polar surface area (TPSA) is 92.8 Å². The summed E-state index contributed by atoms with van der Waals surface area (Å²) in [4.78, 5) is 26.5. The summed E-state index contributed by atoms with van der Waals surface area (Å²) < 4.78 is 56.4. The lowest BCUT2D eigenvalue weighted by molar-refractivity contribution is -0.139. The lowest BCUT2D eigenvalue weighted by Crippen LogP contribution is -2.52. The van der Waals surface area contributed by atoms with Crippen LogP contribution in [0.2, 0.25) is 0 Å². The number of amides is 2. The van der Waals surface area contributed by atoms with Crippen LogP contribution in [0.25, 0.3) is 0 Å². The van der Waals surface area contributed by atoms with Gasteiger partial charge in [-0.1, -0.05) is 6.07 Å². The van der Waals surface area contributed by atoms with E-state index in [1.807, 2.05) is 0 Å². The van der Waals surface area contributed by atoms with Crippen molar-refractivity contribution in [3.05, 3.63) is 46.7 Å². The Kier molecular flexibility index (Phi) is 5.42. The Bertz CT molecular complexity index is 961. The molecule has 0 aromatic heterocycles. The summed E-state index contributed by atoms with van der Waals surface area (Å²) in [7, 11) is -3.28. The number of carbonyl (C=O) groups excluding carboxylic acids is 2. The van der Waals surface area contributed by atoms with Crippen LogP contribution >= 0.6 is 0 Å². The molecule has 28 heavy (non-hydrogen) atoms. The molecule has 0 unspecified atom stereocenters. The van der Waals surface area contributed by atoms with E-state index >= 15 is 0 Å². The number of benzene rings is 1. The third-order valence-corrected chi connectivity index (χ3v) is 6.62. The van der Waals surface area contributed by atoms with Crippen molar-refractivity contribution in [2.75, 3.05) is 18.1 Å². The maximum atomic E-state index is 14.4. The number of urea groups is 1. The molecule has 2 atom stereocenters. The van der Waals surface area contributed by atoms with E-state index < -0.39 is 45.6 Å². The number of sulfone groups is 1. The minimum Gasteiger partial charge on any atom is -0.463 e. The zero-order valence-corrected chi connectivity index (χ0v) is 16.2. The number of esters is 1. The zero-order valence-electron chi connectivity index (χ0n) is 15.4. The second-order valence-electron chi connectivity index (χ2n) is 6.69. The van der Waals surface area contributed by atoms with Crippen molar-refractivity contribution < 1.29 is 31.5 Å². The number of carbonyl (C=O) groups is 2. The first-order valence-electron chi connectivity index (χ1n) is 8.77. The van der Waals surface area contributed by atoms with Gasteiger partial charge in [0.15, 0.2) is 9.84 Å². The van der Waals surface area contributed by atoms with Crippen LogP contribution in [0.15, 0.2) is 29.5 Å². The first-order valence-corrected chi connectivity index (χ1v) is 10.6. The highest BCUT2D eigenvalue weighted by Gasteiger charge is 2.43. The number of nitrogens with one attached hydrogen (secondary N) is 1. The van der Waals surface area contributed by atoms with Crippen LogP contribution < -0.4 is 5.32 Å². The van der Waals surface area contributed by atoms with E-state index in [1.54, 1.807) is 6.92 Å². The molecule has 0 aliphatic carbocycles. The van der Waals surface area contributed by atoms with Crippen LogP contribution in [0.4, 0.5) is 13.6 Å². The molecule has 0 saturated carbocycles. The Morgan fingerprint density at radius 3 is 2.64 bits per heavy atom. The van der Waals surface area contributed by atoms with Gasteiger partial charge in [0.05, 0.1) is 35.8 Å². The fraction of sp³-hybridized carbons (Fsp3) is 0.444. The Balaban J connectivity index is 2.09. The predicted molar refractivity (Wildman–Crippen MR) is 95.9 cm³/mol. The van der Waals surface area contributed by atoms with Crippen molar-refractivity contribution in [1.82, 2.24) is 10.2 Å². The molecule has 2 amide bonds. The number of nitrogens with zero attached hydrogens (tertiary/aromatic N) is 1. The molecule has 152 valence electrons. The second kappa shape index (κ2) is 7.50. The second-order valence-corrected chi connectivity index (χ2v) is 8.92. The molecule has 10 heteroatoms. The fourth-order valence-electron chi connectivity index (χ4n) is 3.62. The standard InChI is InChI=1S/C18H20F2N2O5S/c1-3-27-17(23)15-10(2)22(12-6-7-28(25,26)9-12)18(24)21-16(15)13-5-4-11(19)8-14(13)20/h4-5,8,12,16H,3,6-7,9H2,1-2H3,(H,21,24)/t12-,16-/m1/s1. The largest absolute Gasteiger partial charge is 0.463 e. The molecular weight excluding hydrogens is 394 g/mol. The van der Waals surface area contributed by atoms with E-state index in [2.05, 4.69) is 5.32 Å². The van der Waals surface area contributed by atoms with Gasteiger partial charge in [-0.15, -0.1) is 0 Å². The van der Waals surface area contributed by atoms with Crippen molar-refractivity contribution in [3.8, 4) is 0 Å². The van der Waals surface area contributed by atoms with E-state index in [0.717, 1.165) is 12.1 Å². The molecule has 2 heterocycles. The molecule has 7 nitrogen and oxygen atoms in total. The van der Waals surface area contributed by atoms with E-state index in [0.29, 0.717) is 6.07 Å². The van der Waals surface area contributed by atoms with Crippen molar-refractivity contribution in [1.29, 1.82) is 0 Å². The number of halogens is 2. The van der Waals surface area contributed by atoms with Crippen molar-refractivity contribution in [2.45, 2.75) is 32.4 Å². The van der Waals surface area contributed by atoms with Crippen LogP contribution in [0.3, 0.4) is 0 Å². The molecule has 0 spiro atoms. The Morgan fingerprint density at radius 1 is 1.36 bits per heavy atom. The SMILES string of the molecule is CCOC(=O)C1=C(C)N([C@@H]2CCS(=O)(=O)C2)C(=O)N[C@@H]1c1ccc(F)cc1F. The molecule has 1 N–H and O–H groups in total. The van der Waals surface area contributed by atoms with Gasteiger partial charge in [0, 0.05) is 17.3 Å². The summed E-state index contributed by atoms with van der Waals surface area (Å²) in [6.45, 7) is 3.15. The van der Waals surface area contributed by atoms with Gasteiger partial charge in [-0.05, 0) is 26.3 Å². The average molecular weight is 414 g/mol. The van der Waals surface area contributed by atoms with Crippen molar-refractivity contribution >= 4 is 21.8 Å². The highest BCUT2D eigenvalue weighted by Crippen LogP contribution is 2.35. The van der Waals surface area contributed by atoms with Crippen molar-refractivity contribution in [3.63, 3.8) is 0 Å². The normalized spacial score (nSPS) is 24.3. The van der Waals surface area contributed by atoms with E-state index in [9.17, 15) is 26.8 Å². The third-order valence-electron chi connectivity index (χ3n) is 4.87. The van der Waals surface area contributed by atoms with Gasteiger partial charge in [0.1, 0.15) is 11.6 Å². The summed E-state index contributed by atoms with van der Waals surface area (Å²) in [6.07, 6.45) is 0.235. The number of rotatable bonds is 4. The minimum absolute atomic E-state index is 0.0174. The Morgan fingerprint density at radius 2 is 2.07 bits per heavy atom. The van der Waals surface area contributed by atoms with Crippen LogP contribution in [0.5, 0.6) is 0 Å². The highest BCUT2D eigenvalue weighted by molar-refractivity contribution is 7.91. The third kappa shape index (κ3) is 3.73. The van der Waals surface area contributed by atoms with Crippen LogP contribution in [0, 0.1) is 11.6 Å². The Labute approximate surface area is 161 Å². The Hall–Kier alpha value is -2.49. The van der Waals surface area contributed by atoms with Gasteiger partial charge in [0.25, 0.3) is 0 Å². The van der Waals surface area contributed by atoms with Gasteiger partial charge in [0.2, 0.25) is 0 Å². The summed E-state index contributed by atoms with van der Waals surface area (Å²) >= 11 is 0. The quantitative estimate of drug-likeness (QED) is 0.762. The molecule has 1 saturated heterocycles. The number of allylic oxidation sites excluding steroid dienone is 1. The van der Waals surface area contributed by atoms with Crippen LogP contribution in [0.1, 0.15) is 31.9 Å². The van der Waals surface area contributed by atoms with E-state index in [4.69, 9.17) is 4.74 Å². The molecule has 0 radical (unpaired) electrons. The first-order chi connectivity index (χ1) is 13.1. The number of hydrogen-bond donors (Lipinski definition) is 1. The molecule has 2 aliphatic rings. The summed E-state index contributed by atoms with van der Waals surface area (Å²) in [5.74, 6) is -2.75. The van der Waals surface area contributed by atoms with Gasteiger partial charge >= 0.3 is 12.0 Å². The molecule has 1 aromatic carbocycles. The smallest absolute Gasteiger partial charge is 0.338 e. The molecular formula is C18H20F2N2O5S. The van der Waals surface area contributed by atoms with E-state index in [1.165, 1.54) is 11.8 Å². The molecule has 3 rings (SSSR count). The maximum absolute atomic E-state index is 14.4. The minimum atomic E-state index is -3.28. The van der Waals surface area contributed by atoms with Crippen molar-refractivity contribution in [2.24, 2.45) is 0 Å². The lowest BCUT2D eigenvalue weighted by Gasteiger charge is -2.38. The predicted octanol–water partition coefficient (Wildman–Crippen LogP) is 2.06. The van der Waals surface area contributed by atoms with Gasteiger partial charge < -0.3 is 10.1 Å². The highest BCUT2D eigenvalue weighted by atomic mass is 32.2. The molecule has 1 fully saturated rings. The van der Waals surface area contributed by atoms with Gasteiger partial charge in [-0.25, -0.2) is 26.8 Å². The number of hydrogen-bond acceptors (Lipinski definition) is 5. The average Bonchev–Trinajstić information content (AvgIpc) is 2.94. The summed E-state index contributed by atoms with van der Waals surface area (Å²) in [5, 5.41) is 2.54. The van der Waals surface area contributed by atoms with Gasteiger partial charge in [-0.2, -0.15) is 0 Å². The van der Waals surface area contributed by atoms with Crippen LogP contribution in [-0.2, 0) is 19.4 Å². The lowest BCUT2D eigenvalue weighted by atomic mass is 9.93. The molecule has 0 bridgehead atoms. The van der Waals surface area contributed by atoms with Gasteiger partial charge in [-0.3, -0.25) is 4.90 Å². The first kappa shape index (κ1) is 20.2. The maximum Gasteiger partial charge on any atom is 0.338 e. The summed E-state index contributed by atoms with van der Waals surface area (Å²) in [6, 6.07) is 0.377. The summed E-state index contributed by atoms with van der Waals surface area (Å²) in [5.41, 5.74) is 0.0881. The molecule has 2 aliphatic heterocycles. The van der Waals surface area contributed by atoms with E-state index in [-0.39, 0.29) is 41.4 Å².